The molecule has 0 bridgehead atoms. The van der Waals surface area contributed by atoms with Crippen molar-refractivity contribution in [3.8, 4) is 0 Å². The van der Waals surface area contributed by atoms with Crippen LogP contribution in [0.3, 0.4) is 0 Å². The molecule has 0 radical (unpaired) electrons. The summed E-state index contributed by atoms with van der Waals surface area (Å²) < 4.78 is 1.53. The molecule has 25 heavy (non-hydrogen) atoms. The summed E-state index contributed by atoms with van der Waals surface area (Å²) in [5, 5.41) is 14.2. The van der Waals surface area contributed by atoms with Crippen LogP contribution in [0.5, 0.6) is 0 Å². The molecule has 0 fully saturated rings. The van der Waals surface area contributed by atoms with Crippen molar-refractivity contribution in [3.63, 3.8) is 0 Å². The van der Waals surface area contributed by atoms with Crippen molar-refractivity contribution < 1.29 is 9.72 Å². The van der Waals surface area contributed by atoms with Crippen LogP contribution >= 0.6 is 0 Å². The Morgan fingerprint density at radius 2 is 1.92 bits per heavy atom. The minimum Gasteiger partial charge on any atom is -0.351 e. The van der Waals surface area contributed by atoms with Crippen LogP contribution in [0.15, 0.2) is 48.8 Å². The van der Waals surface area contributed by atoms with Crippen molar-refractivity contribution in [2.24, 2.45) is 0 Å². The van der Waals surface area contributed by atoms with Crippen molar-refractivity contribution in [1.82, 2.24) is 14.9 Å². The van der Waals surface area contributed by atoms with Gasteiger partial charge in [-0.05, 0) is 30.0 Å². The molecule has 0 aliphatic heterocycles. The molecule has 0 saturated carbocycles. The molecule has 0 spiro atoms. The summed E-state index contributed by atoms with van der Waals surface area (Å²) in [5.41, 5.74) is 3.36. The van der Waals surface area contributed by atoms with E-state index in [9.17, 15) is 14.9 Å². The first kappa shape index (κ1) is 15.3. The highest BCUT2D eigenvalue weighted by atomic mass is 16.6. The van der Waals surface area contributed by atoms with Crippen LogP contribution in [0.4, 0.5) is 5.69 Å². The second-order valence-corrected chi connectivity index (χ2v) is 6.22. The number of hydrogen-bond acceptors (Lipinski definition) is 4. The monoisotopic (exact) mass is 336 g/mol. The Balaban J connectivity index is 1.51. The second-order valence-electron chi connectivity index (χ2n) is 6.22. The topological polar surface area (TPSA) is 90.1 Å². The Morgan fingerprint density at radius 3 is 2.60 bits per heavy atom. The molecular weight excluding hydrogens is 320 g/mol. The first-order valence-corrected chi connectivity index (χ1v) is 8.06. The fourth-order valence-corrected chi connectivity index (χ4v) is 3.46. The molecule has 0 atom stereocenters. The Bertz CT molecular complexity index is 954. The molecule has 1 aromatic heterocycles. The highest BCUT2D eigenvalue weighted by molar-refractivity contribution is 5.87. The molecule has 1 aliphatic rings. The number of nitro groups is 1. The van der Waals surface area contributed by atoms with Gasteiger partial charge in [-0.2, -0.15) is 0 Å². The molecule has 1 aliphatic carbocycles. The predicted octanol–water partition coefficient (Wildman–Crippen LogP) is 2.23. The first-order valence-electron chi connectivity index (χ1n) is 8.06. The quantitative estimate of drug-likeness (QED) is 0.584. The molecule has 1 N–H and O–H groups in total. The van der Waals surface area contributed by atoms with Crippen LogP contribution in [0.1, 0.15) is 11.1 Å². The van der Waals surface area contributed by atoms with E-state index in [1.165, 1.54) is 28.1 Å². The maximum absolute atomic E-state index is 12.4. The summed E-state index contributed by atoms with van der Waals surface area (Å²) >= 11 is 0. The standard InChI is InChI=1S/C18H16N4O3/c23-17(20-14-8-12-4-1-2-5-13(12)9-14)10-21-11-19-15-6-3-7-16(18(15)21)22(24)25/h1-7,11,14H,8-10H2,(H,20,23). The van der Waals surface area contributed by atoms with E-state index in [0.717, 1.165) is 12.8 Å². The third-order valence-corrected chi connectivity index (χ3v) is 4.54. The molecule has 2 aromatic carbocycles. The van der Waals surface area contributed by atoms with E-state index in [1.54, 1.807) is 12.1 Å². The van der Waals surface area contributed by atoms with E-state index < -0.39 is 4.92 Å². The average Bonchev–Trinajstić information content (AvgIpc) is 3.18. The van der Waals surface area contributed by atoms with E-state index in [0.29, 0.717) is 11.0 Å². The minimum atomic E-state index is -0.452. The lowest BCUT2D eigenvalue weighted by molar-refractivity contribution is -0.383. The summed E-state index contributed by atoms with van der Waals surface area (Å²) in [5.74, 6) is -0.171. The molecule has 3 aromatic rings. The molecule has 7 nitrogen and oxygen atoms in total. The number of fused-ring (bicyclic) bond motifs is 2. The van der Waals surface area contributed by atoms with E-state index in [2.05, 4.69) is 22.4 Å². The highest BCUT2D eigenvalue weighted by Gasteiger charge is 2.23. The third kappa shape index (κ3) is 2.84. The van der Waals surface area contributed by atoms with Crippen molar-refractivity contribution in [2.75, 3.05) is 0 Å². The summed E-state index contributed by atoms with van der Waals surface area (Å²) in [7, 11) is 0. The van der Waals surface area contributed by atoms with Gasteiger partial charge in [-0.15, -0.1) is 0 Å². The lowest BCUT2D eigenvalue weighted by atomic mass is 10.1. The van der Waals surface area contributed by atoms with Crippen LogP contribution in [0.25, 0.3) is 11.0 Å². The summed E-state index contributed by atoms with van der Waals surface area (Å²) in [6, 6.07) is 12.9. The van der Waals surface area contributed by atoms with Crippen molar-refractivity contribution in [3.05, 3.63) is 70.0 Å². The van der Waals surface area contributed by atoms with E-state index >= 15 is 0 Å². The van der Waals surface area contributed by atoms with Crippen molar-refractivity contribution in [2.45, 2.75) is 25.4 Å². The molecule has 4 rings (SSSR count). The van der Waals surface area contributed by atoms with Gasteiger partial charge in [0.1, 0.15) is 12.1 Å². The maximum Gasteiger partial charge on any atom is 0.295 e. The van der Waals surface area contributed by atoms with Crippen LogP contribution in [-0.2, 0) is 24.2 Å². The number of hydrogen-bond donors (Lipinski definition) is 1. The van der Waals surface area contributed by atoms with Gasteiger partial charge in [0, 0.05) is 12.1 Å². The fraction of sp³-hybridized carbons (Fsp3) is 0.222. The van der Waals surface area contributed by atoms with Gasteiger partial charge in [0.25, 0.3) is 5.69 Å². The van der Waals surface area contributed by atoms with Gasteiger partial charge < -0.3 is 9.88 Å². The number of imidazole rings is 1. The van der Waals surface area contributed by atoms with Gasteiger partial charge in [-0.1, -0.05) is 30.3 Å². The number of amides is 1. The molecule has 1 amide bonds. The number of nitrogens with zero attached hydrogens (tertiary/aromatic N) is 3. The highest BCUT2D eigenvalue weighted by Crippen LogP contribution is 2.25. The number of nitro benzene ring substituents is 1. The van der Waals surface area contributed by atoms with Gasteiger partial charge in [0.2, 0.25) is 5.91 Å². The number of rotatable bonds is 4. The van der Waals surface area contributed by atoms with Crippen LogP contribution in [-0.4, -0.2) is 26.4 Å². The third-order valence-electron chi connectivity index (χ3n) is 4.54. The molecule has 0 unspecified atom stereocenters. The van der Waals surface area contributed by atoms with Crippen molar-refractivity contribution >= 4 is 22.6 Å². The van der Waals surface area contributed by atoms with Crippen molar-refractivity contribution in [1.29, 1.82) is 0 Å². The smallest absolute Gasteiger partial charge is 0.295 e. The SMILES string of the molecule is O=C(Cn1cnc2cccc([N+](=O)[O-])c21)NC1Cc2ccccc2C1. The average molecular weight is 336 g/mol. The van der Waals surface area contributed by atoms with Gasteiger partial charge in [-0.25, -0.2) is 4.98 Å². The number of para-hydroxylation sites is 1. The molecule has 7 heteroatoms. The van der Waals surface area contributed by atoms with Crippen LogP contribution in [0.2, 0.25) is 0 Å². The second kappa shape index (κ2) is 6.01. The van der Waals surface area contributed by atoms with E-state index in [1.807, 2.05) is 12.1 Å². The zero-order chi connectivity index (χ0) is 17.4. The normalized spacial score (nSPS) is 13.8. The van der Waals surface area contributed by atoms with Gasteiger partial charge in [-0.3, -0.25) is 14.9 Å². The Kier molecular flexibility index (Phi) is 3.68. The Labute approximate surface area is 143 Å². The van der Waals surface area contributed by atoms with Gasteiger partial charge in [0.15, 0.2) is 0 Å². The van der Waals surface area contributed by atoms with E-state index in [-0.39, 0.29) is 24.2 Å². The van der Waals surface area contributed by atoms with Gasteiger partial charge >= 0.3 is 0 Å². The largest absolute Gasteiger partial charge is 0.351 e. The zero-order valence-corrected chi connectivity index (χ0v) is 13.4. The number of aromatic nitrogens is 2. The fourth-order valence-electron chi connectivity index (χ4n) is 3.46. The van der Waals surface area contributed by atoms with Crippen LogP contribution in [0, 0.1) is 10.1 Å². The van der Waals surface area contributed by atoms with Gasteiger partial charge in [0.05, 0.1) is 16.8 Å². The summed E-state index contributed by atoms with van der Waals surface area (Å²) in [6.45, 7) is 0.00813. The number of non-ortho nitro benzene ring substituents is 1. The molecule has 1 heterocycles. The number of carbonyl (C=O) groups excluding carboxylic acids is 1. The predicted molar refractivity (Wildman–Crippen MR) is 92.2 cm³/mol. The van der Waals surface area contributed by atoms with E-state index in [4.69, 9.17) is 0 Å². The zero-order valence-electron chi connectivity index (χ0n) is 13.4. The maximum atomic E-state index is 12.4. The number of carbonyl (C=O) groups is 1. The lowest BCUT2D eigenvalue weighted by Gasteiger charge is -2.12. The summed E-state index contributed by atoms with van der Waals surface area (Å²) in [4.78, 5) is 27.3. The summed E-state index contributed by atoms with van der Waals surface area (Å²) in [6.07, 6.45) is 3.10. The Hall–Kier alpha value is -3.22. The number of nitrogens with one attached hydrogen (secondary N) is 1. The minimum absolute atomic E-state index is 0.00813. The molecule has 0 saturated heterocycles. The molecule has 126 valence electrons. The number of benzene rings is 2. The lowest BCUT2D eigenvalue weighted by Crippen LogP contribution is -2.37. The molecular formula is C18H16N4O3. The van der Waals surface area contributed by atoms with Crippen LogP contribution < -0.4 is 5.32 Å². The first-order chi connectivity index (χ1) is 12.1. The Morgan fingerprint density at radius 1 is 1.20 bits per heavy atom.